The average Bonchev–Trinajstić information content (AvgIpc) is 2.62. The fourth-order valence-corrected chi connectivity index (χ4v) is 4.77. The van der Waals surface area contributed by atoms with E-state index in [0.29, 0.717) is 5.57 Å². The summed E-state index contributed by atoms with van der Waals surface area (Å²) >= 11 is 0. The molecule has 136 valence electrons. The molecule has 5 nitrogen and oxygen atoms in total. The van der Waals surface area contributed by atoms with Gasteiger partial charge in [0.15, 0.2) is 0 Å². The lowest BCUT2D eigenvalue weighted by molar-refractivity contribution is 0.0733. The molecule has 1 saturated heterocycles. The molecule has 2 aromatic carbocycles. The number of amides is 1. The predicted octanol–water partition coefficient (Wildman–Crippen LogP) is 3.86. The summed E-state index contributed by atoms with van der Waals surface area (Å²) in [6.07, 6.45) is -0.870. The van der Waals surface area contributed by atoms with E-state index in [1.807, 2.05) is 37.3 Å². The molecule has 1 amide bonds. The molecule has 0 spiro atoms. The molecule has 0 unspecified atom stereocenters. The topological polar surface area (TPSA) is 63.7 Å². The first-order valence-electron chi connectivity index (χ1n) is 8.30. The molecule has 1 fully saturated rings. The molecule has 0 saturated carbocycles. The van der Waals surface area contributed by atoms with Crippen LogP contribution in [0, 0.1) is 6.92 Å². The molecule has 1 heterocycles. The largest absolute Gasteiger partial charge is 0.448 e. The fraction of sp³-hybridized carbons (Fsp3) is 0.250. The maximum Gasteiger partial charge on any atom is 0.424 e. The Bertz CT molecular complexity index is 920. The third kappa shape index (κ3) is 3.24. The molecule has 0 radical (unpaired) electrons. The van der Waals surface area contributed by atoms with Crippen LogP contribution in [0.4, 0.5) is 4.79 Å². The molecule has 2 atom stereocenters. The van der Waals surface area contributed by atoms with E-state index in [2.05, 4.69) is 6.58 Å². The van der Waals surface area contributed by atoms with Crippen molar-refractivity contribution in [2.75, 3.05) is 6.61 Å². The van der Waals surface area contributed by atoms with E-state index in [-0.39, 0.29) is 17.4 Å². The molecule has 6 heteroatoms. The smallest absolute Gasteiger partial charge is 0.424 e. The number of ether oxygens (including phenoxy) is 1. The van der Waals surface area contributed by atoms with Crippen molar-refractivity contribution in [1.29, 1.82) is 0 Å². The summed E-state index contributed by atoms with van der Waals surface area (Å²) in [7, 11) is -4.07. The van der Waals surface area contributed by atoms with E-state index >= 15 is 0 Å². The van der Waals surface area contributed by atoms with Crippen molar-refractivity contribution in [3.05, 3.63) is 77.9 Å². The van der Waals surface area contributed by atoms with Gasteiger partial charge in [0.25, 0.3) is 10.0 Å². The number of hydrogen-bond donors (Lipinski definition) is 0. The molecule has 0 aliphatic carbocycles. The number of rotatable bonds is 4. The van der Waals surface area contributed by atoms with Gasteiger partial charge in [0.2, 0.25) is 0 Å². The quantitative estimate of drug-likeness (QED) is 0.766. The number of carbonyl (C=O) groups excluding carboxylic acids is 1. The van der Waals surface area contributed by atoms with Gasteiger partial charge in [-0.3, -0.25) is 0 Å². The molecule has 3 rings (SSSR count). The van der Waals surface area contributed by atoms with Crippen LogP contribution < -0.4 is 0 Å². The second-order valence-corrected chi connectivity index (χ2v) is 8.31. The van der Waals surface area contributed by atoms with Gasteiger partial charge in [-0.15, -0.1) is 0 Å². The predicted molar refractivity (Wildman–Crippen MR) is 99.3 cm³/mol. The summed E-state index contributed by atoms with van der Waals surface area (Å²) in [6.45, 7) is 7.66. The third-order valence-electron chi connectivity index (χ3n) is 4.51. The number of hydrogen-bond acceptors (Lipinski definition) is 4. The Hall–Kier alpha value is -2.60. The van der Waals surface area contributed by atoms with E-state index in [4.69, 9.17) is 4.74 Å². The Labute approximate surface area is 154 Å². The van der Waals surface area contributed by atoms with Crippen molar-refractivity contribution >= 4 is 16.1 Å². The highest BCUT2D eigenvalue weighted by Crippen LogP contribution is 2.36. The average molecular weight is 371 g/mol. The number of aryl methyl sites for hydroxylation is 1. The Morgan fingerprint density at radius 2 is 1.73 bits per heavy atom. The third-order valence-corrected chi connectivity index (χ3v) is 6.27. The van der Waals surface area contributed by atoms with Crippen LogP contribution in [0.1, 0.15) is 24.0 Å². The molecular weight excluding hydrogens is 350 g/mol. The monoisotopic (exact) mass is 371 g/mol. The van der Waals surface area contributed by atoms with Crippen molar-refractivity contribution in [3.8, 4) is 0 Å². The molecule has 2 aromatic rings. The van der Waals surface area contributed by atoms with Gasteiger partial charge in [0.1, 0.15) is 6.61 Å². The van der Waals surface area contributed by atoms with Gasteiger partial charge < -0.3 is 4.74 Å². The van der Waals surface area contributed by atoms with Gasteiger partial charge in [-0.2, -0.15) is 4.31 Å². The lowest BCUT2D eigenvalue weighted by atomic mass is 9.88. The van der Waals surface area contributed by atoms with Gasteiger partial charge in [-0.25, -0.2) is 13.2 Å². The zero-order chi connectivity index (χ0) is 18.9. The van der Waals surface area contributed by atoms with Crippen molar-refractivity contribution in [2.45, 2.75) is 30.7 Å². The van der Waals surface area contributed by atoms with Gasteiger partial charge in [0.05, 0.1) is 10.9 Å². The van der Waals surface area contributed by atoms with Crippen LogP contribution in [0.5, 0.6) is 0 Å². The summed E-state index contributed by atoms with van der Waals surface area (Å²) in [5, 5.41) is 0. The van der Waals surface area contributed by atoms with Crippen molar-refractivity contribution in [1.82, 2.24) is 4.31 Å². The summed E-state index contributed by atoms with van der Waals surface area (Å²) < 4.78 is 32.4. The first kappa shape index (κ1) is 18.2. The van der Waals surface area contributed by atoms with E-state index in [1.54, 1.807) is 19.1 Å². The van der Waals surface area contributed by atoms with Crippen LogP contribution >= 0.6 is 0 Å². The van der Waals surface area contributed by atoms with Crippen LogP contribution in [0.15, 0.2) is 71.6 Å². The SMILES string of the molecule is C=C(C)[C@@H]1[C@H](c2ccccc2)COC(=O)N1S(=O)(=O)c1ccc(C)cc1. The molecule has 0 N–H and O–H groups in total. The minimum atomic E-state index is -4.07. The number of cyclic esters (lactones) is 1. The van der Waals surface area contributed by atoms with Crippen LogP contribution in [0.25, 0.3) is 0 Å². The number of nitrogens with zero attached hydrogens (tertiary/aromatic N) is 1. The molecule has 0 bridgehead atoms. The highest BCUT2D eigenvalue weighted by molar-refractivity contribution is 7.89. The highest BCUT2D eigenvalue weighted by atomic mass is 32.2. The number of sulfonamides is 1. The first-order chi connectivity index (χ1) is 12.3. The maximum atomic E-state index is 13.2. The number of benzene rings is 2. The minimum absolute atomic E-state index is 0.0556. The highest BCUT2D eigenvalue weighted by Gasteiger charge is 2.45. The lowest BCUT2D eigenvalue weighted by Crippen LogP contribution is -2.53. The van der Waals surface area contributed by atoms with Crippen LogP contribution in [-0.2, 0) is 14.8 Å². The van der Waals surface area contributed by atoms with Gasteiger partial charge in [-0.1, -0.05) is 60.2 Å². The second kappa shape index (κ2) is 6.96. The Morgan fingerprint density at radius 3 is 2.31 bits per heavy atom. The Kier molecular flexibility index (Phi) is 4.87. The van der Waals surface area contributed by atoms with Crippen LogP contribution in [0.3, 0.4) is 0 Å². The second-order valence-electron chi connectivity index (χ2n) is 6.50. The summed E-state index contributed by atoms with van der Waals surface area (Å²) in [6, 6.07) is 15.1. The van der Waals surface area contributed by atoms with Crippen molar-refractivity contribution < 1.29 is 17.9 Å². The van der Waals surface area contributed by atoms with Gasteiger partial charge in [0, 0.05) is 5.92 Å². The normalized spacial score (nSPS) is 20.5. The van der Waals surface area contributed by atoms with Crippen LogP contribution in [0.2, 0.25) is 0 Å². The van der Waals surface area contributed by atoms with Crippen molar-refractivity contribution in [2.24, 2.45) is 0 Å². The van der Waals surface area contributed by atoms with E-state index in [9.17, 15) is 13.2 Å². The standard InChI is InChI=1S/C20H21NO4S/c1-14(2)19-18(16-7-5-4-6-8-16)13-25-20(22)21(19)26(23,24)17-11-9-15(3)10-12-17/h4-12,18-19H,1,13H2,2-3H3/t18-,19+/m0/s1. The fourth-order valence-electron chi connectivity index (χ4n) is 3.19. The molecular formula is C20H21NO4S. The molecule has 1 aliphatic rings. The van der Waals surface area contributed by atoms with Gasteiger partial charge >= 0.3 is 6.09 Å². The van der Waals surface area contributed by atoms with Gasteiger partial charge in [-0.05, 0) is 31.5 Å². The van der Waals surface area contributed by atoms with E-state index < -0.39 is 22.2 Å². The van der Waals surface area contributed by atoms with Crippen molar-refractivity contribution in [3.63, 3.8) is 0 Å². The molecule has 1 aliphatic heterocycles. The Morgan fingerprint density at radius 1 is 1.12 bits per heavy atom. The number of carbonyl (C=O) groups is 1. The lowest BCUT2D eigenvalue weighted by Gasteiger charge is -2.40. The Balaban J connectivity index is 2.09. The zero-order valence-corrected chi connectivity index (χ0v) is 15.6. The molecule has 26 heavy (non-hydrogen) atoms. The molecule has 0 aromatic heterocycles. The van der Waals surface area contributed by atoms with E-state index in [0.717, 1.165) is 15.4 Å². The summed E-state index contributed by atoms with van der Waals surface area (Å²) in [5.41, 5.74) is 2.42. The minimum Gasteiger partial charge on any atom is -0.448 e. The maximum absolute atomic E-state index is 13.2. The summed E-state index contributed by atoms with van der Waals surface area (Å²) in [4.78, 5) is 12.5. The zero-order valence-electron chi connectivity index (χ0n) is 14.8. The first-order valence-corrected chi connectivity index (χ1v) is 9.74. The van der Waals surface area contributed by atoms with Crippen LogP contribution in [-0.4, -0.2) is 31.5 Å². The summed E-state index contributed by atoms with van der Waals surface area (Å²) in [5.74, 6) is -0.313. The van der Waals surface area contributed by atoms with E-state index in [1.165, 1.54) is 12.1 Å².